The van der Waals surface area contributed by atoms with E-state index in [-0.39, 0.29) is 30.3 Å². The third-order valence-corrected chi connectivity index (χ3v) is 6.97. The number of hydrogen-bond acceptors (Lipinski definition) is 4. The number of aromatic amines is 1. The molecule has 2 saturated heterocycles. The highest BCUT2D eigenvalue weighted by atomic mass is 19.2. The Bertz CT molecular complexity index is 1290. The van der Waals surface area contributed by atoms with Gasteiger partial charge in [-0.1, -0.05) is 0 Å². The number of carbonyl (C=O) groups excluding carboxylic acids is 2. The van der Waals surface area contributed by atoms with Crippen LogP contribution in [0.15, 0.2) is 42.5 Å². The second-order valence-corrected chi connectivity index (χ2v) is 9.31. The van der Waals surface area contributed by atoms with Gasteiger partial charge in [0.1, 0.15) is 17.1 Å². The first-order valence-corrected chi connectivity index (χ1v) is 11.6. The monoisotopic (exact) mass is 485 g/mol. The van der Waals surface area contributed by atoms with Gasteiger partial charge in [0.05, 0.1) is 6.67 Å². The lowest BCUT2D eigenvalue weighted by Gasteiger charge is -2.43. The summed E-state index contributed by atoms with van der Waals surface area (Å²) in [4.78, 5) is 32.5. The number of benzene rings is 2. The van der Waals surface area contributed by atoms with Gasteiger partial charge in [-0.15, -0.1) is 0 Å². The Hall–Kier alpha value is -3.53. The minimum Gasteiger partial charge on any atom is -0.351 e. The van der Waals surface area contributed by atoms with E-state index in [0.29, 0.717) is 54.8 Å². The van der Waals surface area contributed by atoms with Crippen LogP contribution in [0, 0.1) is 17.5 Å². The number of anilines is 1. The van der Waals surface area contributed by atoms with Crippen molar-refractivity contribution in [2.45, 2.75) is 31.3 Å². The molecular formula is C25H26F3N5O2. The van der Waals surface area contributed by atoms with Gasteiger partial charge in [0.2, 0.25) is 5.91 Å². The van der Waals surface area contributed by atoms with E-state index in [2.05, 4.69) is 20.5 Å². The van der Waals surface area contributed by atoms with Crippen LogP contribution in [0.25, 0.3) is 10.9 Å². The van der Waals surface area contributed by atoms with E-state index in [1.807, 2.05) is 11.8 Å². The van der Waals surface area contributed by atoms with Crippen LogP contribution < -0.4 is 15.5 Å². The number of nitrogens with one attached hydrogen (secondary N) is 3. The molecule has 10 heteroatoms. The lowest BCUT2D eigenvalue weighted by molar-refractivity contribution is -0.125. The molecule has 0 unspecified atom stereocenters. The van der Waals surface area contributed by atoms with Crippen molar-refractivity contribution < 1.29 is 22.8 Å². The summed E-state index contributed by atoms with van der Waals surface area (Å²) >= 11 is 0. The molecule has 0 saturated carbocycles. The zero-order valence-electron chi connectivity index (χ0n) is 19.2. The van der Waals surface area contributed by atoms with Gasteiger partial charge in [-0.05, 0) is 56.2 Å². The molecule has 184 valence electrons. The van der Waals surface area contributed by atoms with E-state index < -0.39 is 17.2 Å². The molecule has 3 N–H and O–H groups in total. The average molecular weight is 486 g/mol. The fourth-order valence-electron chi connectivity index (χ4n) is 5.14. The van der Waals surface area contributed by atoms with E-state index >= 15 is 0 Å². The number of likely N-dealkylation sites (tertiary alicyclic amines) is 1. The standard InChI is InChI=1S/C25H26F3N5O2/c1-15(30-23(34)22-11-16-10-17(26)2-5-21(16)31-22)13-32-8-6-25(7-9-32)24(35)29-14-33(25)18-3-4-19(27)20(28)12-18/h2-5,10-12,15,31H,6-9,13-14H2,1H3,(H,29,35)(H,30,34)/t15-/m0/s1. The van der Waals surface area contributed by atoms with Crippen molar-refractivity contribution in [2.24, 2.45) is 0 Å². The lowest BCUT2D eigenvalue weighted by atomic mass is 9.85. The Morgan fingerprint density at radius 1 is 1.09 bits per heavy atom. The van der Waals surface area contributed by atoms with E-state index in [1.54, 1.807) is 12.1 Å². The maximum Gasteiger partial charge on any atom is 0.267 e. The van der Waals surface area contributed by atoms with Crippen LogP contribution in [0.5, 0.6) is 0 Å². The number of aromatic nitrogens is 1. The summed E-state index contributed by atoms with van der Waals surface area (Å²) in [5.41, 5.74) is 0.702. The molecule has 0 aliphatic carbocycles. The SMILES string of the molecule is C[C@@H](CN1CCC2(CC1)C(=O)NCN2c1ccc(F)c(F)c1)NC(=O)c1cc2cc(F)ccc2[nH]1. The summed E-state index contributed by atoms with van der Waals surface area (Å²) in [6.45, 7) is 3.95. The number of amides is 2. The molecule has 1 aromatic heterocycles. The van der Waals surface area contributed by atoms with Gasteiger partial charge in [0.15, 0.2) is 11.6 Å². The molecule has 5 rings (SSSR count). The first-order chi connectivity index (χ1) is 16.7. The van der Waals surface area contributed by atoms with E-state index in [4.69, 9.17) is 0 Å². The predicted molar refractivity (Wildman–Crippen MR) is 125 cm³/mol. The Morgan fingerprint density at radius 3 is 2.60 bits per heavy atom. The molecule has 2 aliphatic rings. The Labute approximate surface area is 200 Å². The summed E-state index contributed by atoms with van der Waals surface area (Å²) in [7, 11) is 0. The summed E-state index contributed by atoms with van der Waals surface area (Å²) in [5.74, 6) is -2.62. The first-order valence-electron chi connectivity index (χ1n) is 11.6. The van der Waals surface area contributed by atoms with Gasteiger partial charge in [-0.25, -0.2) is 13.2 Å². The molecule has 0 bridgehead atoms. The summed E-state index contributed by atoms with van der Waals surface area (Å²) in [6.07, 6.45) is 1.04. The van der Waals surface area contributed by atoms with Gasteiger partial charge >= 0.3 is 0 Å². The van der Waals surface area contributed by atoms with Crippen molar-refractivity contribution in [3.05, 3.63) is 65.6 Å². The van der Waals surface area contributed by atoms with Crippen LogP contribution in [0.2, 0.25) is 0 Å². The Balaban J connectivity index is 1.20. The molecule has 2 aromatic carbocycles. The van der Waals surface area contributed by atoms with Crippen LogP contribution in [-0.4, -0.2) is 59.6 Å². The van der Waals surface area contributed by atoms with Crippen LogP contribution in [0.3, 0.4) is 0 Å². The van der Waals surface area contributed by atoms with E-state index in [0.717, 1.165) is 12.1 Å². The minimum atomic E-state index is -0.945. The molecular weight excluding hydrogens is 459 g/mol. The Morgan fingerprint density at radius 2 is 1.86 bits per heavy atom. The third kappa shape index (κ3) is 4.34. The number of fused-ring (bicyclic) bond motifs is 1. The zero-order valence-corrected chi connectivity index (χ0v) is 19.2. The fraction of sp³-hybridized carbons (Fsp3) is 0.360. The topological polar surface area (TPSA) is 80.5 Å². The molecule has 3 aromatic rings. The molecule has 7 nitrogen and oxygen atoms in total. The van der Waals surface area contributed by atoms with Gasteiger partial charge in [-0.3, -0.25) is 9.59 Å². The number of nitrogens with zero attached hydrogens (tertiary/aromatic N) is 2. The first kappa shape index (κ1) is 23.2. The predicted octanol–water partition coefficient (Wildman–Crippen LogP) is 3.13. The van der Waals surface area contributed by atoms with Crippen molar-refractivity contribution in [1.29, 1.82) is 0 Å². The lowest BCUT2D eigenvalue weighted by Crippen LogP contribution is -2.57. The number of rotatable bonds is 5. The molecule has 0 radical (unpaired) electrons. The molecule has 3 heterocycles. The summed E-state index contributed by atoms with van der Waals surface area (Å²) in [5, 5.41) is 6.44. The van der Waals surface area contributed by atoms with Crippen LogP contribution >= 0.6 is 0 Å². The summed E-state index contributed by atoms with van der Waals surface area (Å²) in [6, 6.07) is 9.45. The molecule has 2 aliphatic heterocycles. The molecule has 2 fully saturated rings. The third-order valence-electron chi connectivity index (χ3n) is 6.97. The quantitative estimate of drug-likeness (QED) is 0.519. The van der Waals surface area contributed by atoms with Crippen molar-refractivity contribution in [1.82, 2.24) is 20.5 Å². The van der Waals surface area contributed by atoms with Crippen molar-refractivity contribution in [3.8, 4) is 0 Å². The van der Waals surface area contributed by atoms with Gasteiger partial charge in [-0.2, -0.15) is 0 Å². The van der Waals surface area contributed by atoms with Crippen molar-refractivity contribution >= 4 is 28.4 Å². The summed E-state index contributed by atoms with van der Waals surface area (Å²) < 4.78 is 40.7. The van der Waals surface area contributed by atoms with Gasteiger partial charge in [0, 0.05) is 48.3 Å². The van der Waals surface area contributed by atoms with E-state index in [9.17, 15) is 22.8 Å². The molecule has 2 amide bonds. The fourth-order valence-corrected chi connectivity index (χ4v) is 5.14. The zero-order chi connectivity index (χ0) is 24.7. The van der Waals surface area contributed by atoms with Crippen LogP contribution in [0.4, 0.5) is 18.9 Å². The van der Waals surface area contributed by atoms with Crippen molar-refractivity contribution in [2.75, 3.05) is 31.2 Å². The van der Waals surface area contributed by atoms with Crippen molar-refractivity contribution in [3.63, 3.8) is 0 Å². The smallest absolute Gasteiger partial charge is 0.267 e. The Kier molecular flexibility index (Phi) is 5.92. The number of carbonyl (C=O) groups is 2. The second-order valence-electron chi connectivity index (χ2n) is 9.31. The maximum absolute atomic E-state index is 13.8. The minimum absolute atomic E-state index is 0.113. The normalized spacial score (nSPS) is 18.7. The maximum atomic E-state index is 13.8. The highest BCUT2D eigenvalue weighted by Crippen LogP contribution is 2.36. The number of piperidine rings is 1. The van der Waals surface area contributed by atoms with Gasteiger partial charge < -0.3 is 25.4 Å². The molecule has 1 spiro atoms. The highest BCUT2D eigenvalue weighted by molar-refractivity contribution is 5.98. The number of hydrogen-bond donors (Lipinski definition) is 3. The highest BCUT2D eigenvalue weighted by Gasteiger charge is 2.50. The number of halogens is 3. The van der Waals surface area contributed by atoms with Crippen LogP contribution in [-0.2, 0) is 4.79 Å². The largest absolute Gasteiger partial charge is 0.351 e. The van der Waals surface area contributed by atoms with E-state index in [1.165, 1.54) is 18.2 Å². The number of H-pyrrole nitrogens is 1. The van der Waals surface area contributed by atoms with Crippen LogP contribution in [0.1, 0.15) is 30.3 Å². The molecule has 1 atom stereocenters. The molecule has 35 heavy (non-hydrogen) atoms. The average Bonchev–Trinajstić information content (AvgIpc) is 3.38. The van der Waals surface area contributed by atoms with Gasteiger partial charge in [0.25, 0.3) is 5.91 Å². The second kappa shape index (κ2) is 8.92.